The summed E-state index contributed by atoms with van der Waals surface area (Å²) in [6.07, 6.45) is 0. The molecule has 0 fully saturated rings. The number of carbonyl (C=O) groups is 2. The lowest BCUT2D eigenvalue weighted by Crippen LogP contribution is -2.16. The molecule has 0 aliphatic heterocycles. The predicted octanol–water partition coefficient (Wildman–Crippen LogP) is 0.466. The Hall–Kier alpha value is -2.44. The Labute approximate surface area is 96.5 Å². The van der Waals surface area contributed by atoms with Crippen molar-refractivity contribution in [2.45, 2.75) is 0 Å². The molecule has 7 nitrogen and oxygen atoms in total. The number of amides is 2. The van der Waals surface area contributed by atoms with E-state index in [1.807, 2.05) is 0 Å². The Balaban J connectivity index is 3.04. The van der Waals surface area contributed by atoms with Gasteiger partial charge in [0.2, 0.25) is 0 Å². The average molecular weight is 238 g/mol. The van der Waals surface area contributed by atoms with E-state index in [4.69, 9.17) is 15.2 Å². The number of rotatable bonds is 5. The molecular formula is C10H10N2O5. The monoisotopic (exact) mass is 238 g/mol. The second-order valence-corrected chi connectivity index (χ2v) is 2.97. The summed E-state index contributed by atoms with van der Waals surface area (Å²) in [6, 6.07) is 4.49. The van der Waals surface area contributed by atoms with Crippen molar-refractivity contribution in [3.05, 3.63) is 28.7 Å². The largest absolute Gasteiger partial charge is 0.493 e. The van der Waals surface area contributed by atoms with Crippen LogP contribution < -0.4 is 15.2 Å². The molecule has 0 atom stereocenters. The van der Waals surface area contributed by atoms with Crippen LogP contribution in [0.15, 0.2) is 23.4 Å². The van der Waals surface area contributed by atoms with Crippen LogP contribution in [0, 0.1) is 4.91 Å². The minimum absolute atomic E-state index is 0.0134. The summed E-state index contributed by atoms with van der Waals surface area (Å²) < 4.78 is 9.95. The van der Waals surface area contributed by atoms with E-state index in [1.165, 1.54) is 19.2 Å². The Bertz CT molecular complexity index is 458. The fourth-order valence-electron chi connectivity index (χ4n) is 1.18. The molecule has 90 valence electrons. The molecule has 7 heteroatoms. The van der Waals surface area contributed by atoms with E-state index in [0.717, 1.165) is 0 Å². The molecule has 1 aromatic rings. The molecule has 1 aromatic carbocycles. The van der Waals surface area contributed by atoms with Gasteiger partial charge in [-0.3, -0.25) is 9.59 Å². The molecule has 0 radical (unpaired) electrons. The van der Waals surface area contributed by atoms with Crippen LogP contribution in [0.25, 0.3) is 0 Å². The van der Waals surface area contributed by atoms with Crippen LogP contribution in [-0.4, -0.2) is 25.5 Å². The molecule has 0 bridgehead atoms. The van der Waals surface area contributed by atoms with Crippen LogP contribution in [0.2, 0.25) is 0 Å². The average Bonchev–Trinajstić information content (AvgIpc) is 2.35. The number of benzene rings is 1. The fourth-order valence-corrected chi connectivity index (χ4v) is 1.18. The number of nitrogens with two attached hydrogens (primary N) is 1. The minimum Gasteiger partial charge on any atom is -0.493 e. The van der Waals surface area contributed by atoms with Crippen LogP contribution in [0.3, 0.4) is 0 Å². The number of hydrogen-bond acceptors (Lipinski definition) is 5. The lowest BCUT2D eigenvalue weighted by atomic mass is 10.2. The van der Waals surface area contributed by atoms with Crippen molar-refractivity contribution in [2.24, 2.45) is 10.9 Å². The summed E-state index contributed by atoms with van der Waals surface area (Å²) >= 11 is 0. The van der Waals surface area contributed by atoms with Gasteiger partial charge in [0.15, 0.2) is 18.1 Å². The molecule has 0 unspecified atom stereocenters. The van der Waals surface area contributed by atoms with E-state index in [0.29, 0.717) is 0 Å². The normalized spacial score (nSPS) is 9.47. The van der Waals surface area contributed by atoms with Gasteiger partial charge in [-0.05, 0) is 12.1 Å². The summed E-state index contributed by atoms with van der Waals surface area (Å²) in [6.45, 7) is -0.579. The molecule has 17 heavy (non-hydrogen) atoms. The zero-order valence-electron chi connectivity index (χ0n) is 9.00. The van der Waals surface area contributed by atoms with Crippen molar-refractivity contribution in [1.82, 2.24) is 0 Å². The van der Waals surface area contributed by atoms with Crippen molar-refractivity contribution in [3.63, 3.8) is 0 Å². The highest BCUT2D eigenvalue weighted by molar-refractivity contribution is 5.96. The third-order valence-electron chi connectivity index (χ3n) is 1.91. The standard InChI is InChI=1S/C10H10N2O5/c1-16-7-4-2-3-6(10(11)14)9(7)17-5-8(13)12-15/h2-4H,5H2,1H3,(H2,11,14). The molecule has 0 spiro atoms. The van der Waals surface area contributed by atoms with Gasteiger partial charge < -0.3 is 15.2 Å². The topological polar surface area (TPSA) is 108 Å². The molecular weight excluding hydrogens is 228 g/mol. The molecule has 0 aliphatic rings. The van der Waals surface area contributed by atoms with Gasteiger partial charge in [-0.25, -0.2) is 0 Å². The van der Waals surface area contributed by atoms with Crippen molar-refractivity contribution in [3.8, 4) is 11.5 Å². The first-order valence-corrected chi connectivity index (χ1v) is 4.56. The third kappa shape index (κ3) is 3.00. The highest BCUT2D eigenvalue weighted by atomic mass is 16.5. The quantitative estimate of drug-likeness (QED) is 0.750. The van der Waals surface area contributed by atoms with Gasteiger partial charge in [0.05, 0.1) is 12.7 Å². The van der Waals surface area contributed by atoms with Gasteiger partial charge in [-0.1, -0.05) is 6.07 Å². The van der Waals surface area contributed by atoms with Gasteiger partial charge in [0, 0.05) is 5.18 Å². The molecule has 2 amide bonds. The Morgan fingerprint density at radius 1 is 1.41 bits per heavy atom. The Morgan fingerprint density at radius 3 is 2.65 bits per heavy atom. The van der Waals surface area contributed by atoms with Crippen molar-refractivity contribution < 1.29 is 19.1 Å². The van der Waals surface area contributed by atoms with E-state index < -0.39 is 18.4 Å². The second-order valence-electron chi connectivity index (χ2n) is 2.97. The lowest BCUT2D eigenvalue weighted by Gasteiger charge is -2.11. The fraction of sp³-hybridized carbons (Fsp3) is 0.200. The van der Waals surface area contributed by atoms with E-state index in [-0.39, 0.29) is 17.1 Å². The molecule has 2 N–H and O–H groups in total. The molecule has 0 heterocycles. The smallest absolute Gasteiger partial charge is 0.323 e. The highest BCUT2D eigenvalue weighted by Crippen LogP contribution is 2.30. The van der Waals surface area contributed by atoms with Gasteiger partial charge >= 0.3 is 5.91 Å². The molecule has 1 rings (SSSR count). The summed E-state index contributed by atoms with van der Waals surface area (Å²) in [7, 11) is 1.37. The summed E-state index contributed by atoms with van der Waals surface area (Å²) in [5, 5.41) is 2.16. The number of nitrogens with zero attached hydrogens (tertiary/aromatic N) is 1. The number of hydrogen-bond donors (Lipinski definition) is 1. The zero-order valence-corrected chi connectivity index (χ0v) is 9.00. The van der Waals surface area contributed by atoms with Gasteiger partial charge in [-0.2, -0.15) is 0 Å². The van der Waals surface area contributed by atoms with Gasteiger partial charge in [0.1, 0.15) is 0 Å². The van der Waals surface area contributed by atoms with E-state index in [2.05, 4.69) is 5.18 Å². The summed E-state index contributed by atoms with van der Waals surface area (Å²) in [4.78, 5) is 31.7. The summed E-state index contributed by atoms with van der Waals surface area (Å²) in [5.41, 5.74) is 5.19. The van der Waals surface area contributed by atoms with Gasteiger partial charge in [0.25, 0.3) is 5.91 Å². The first-order valence-electron chi connectivity index (χ1n) is 4.56. The maximum absolute atomic E-state index is 11.1. The first-order chi connectivity index (χ1) is 8.10. The molecule has 0 aliphatic carbocycles. The number of carbonyl (C=O) groups excluding carboxylic acids is 2. The highest BCUT2D eigenvalue weighted by Gasteiger charge is 2.16. The van der Waals surface area contributed by atoms with Crippen LogP contribution in [0.4, 0.5) is 0 Å². The van der Waals surface area contributed by atoms with E-state index in [1.54, 1.807) is 6.07 Å². The number of nitroso groups, excluding NO2 is 1. The van der Waals surface area contributed by atoms with Gasteiger partial charge in [-0.15, -0.1) is 4.91 Å². The first kappa shape index (κ1) is 12.6. The minimum atomic E-state index is -0.994. The zero-order chi connectivity index (χ0) is 12.8. The second kappa shape index (κ2) is 5.59. The number of primary amides is 1. The number of para-hydroxylation sites is 1. The summed E-state index contributed by atoms with van der Waals surface area (Å²) in [5.74, 6) is -1.48. The molecule has 0 saturated heterocycles. The number of methoxy groups -OCH3 is 1. The maximum Gasteiger partial charge on any atom is 0.323 e. The third-order valence-corrected chi connectivity index (χ3v) is 1.91. The SMILES string of the molecule is COc1cccc(C(N)=O)c1OCC(=O)N=O. The van der Waals surface area contributed by atoms with E-state index >= 15 is 0 Å². The Kier molecular flexibility index (Phi) is 4.15. The van der Waals surface area contributed by atoms with E-state index in [9.17, 15) is 14.5 Å². The van der Waals surface area contributed by atoms with Crippen LogP contribution in [0.1, 0.15) is 10.4 Å². The predicted molar refractivity (Wildman–Crippen MR) is 57.8 cm³/mol. The molecule has 0 aromatic heterocycles. The lowest BCUT2D eigenvalue weighted by molar-refractivity contribution is -0.119. The van der Waals surface area contributed by atoms with Crippen molar-refractivity contribution >= 4 is 11.8 Å². The van der Waals surface area contributed by atoms with Crippen molar-refractivity contribution in [1.29, 1.82) is 0 Å². The Morgan fingerprint density at radius 2 is 2.12 bits per heavy atom. The van der Waals surface area contributed by atoms with Crippen LogP contribution in [0.5, 0.6) is 11.5 Å². The maximum atomic E-state index is 11.1. The van der Waals surface area contributed by atoms with Crippen LogP contribution >= 0.6 is 0 Å². The number of ether oxygens (including phenoxy) is 2. The van der Waals surface area contributed by atoms with Crippen molar-refractivity contribution in [2.75, 3.05) is 13.7 Å². The molecule has 0 saturated carbocycles. The van der Waals surface area contributed by atoms with Crippen LogP contribution in [-0.2, 0) is 4.79 Å².